The lowest BCUT2D eigenvalue weighted by Gasteiger charge is -2.14. The molecule has 3 rings (SSSR count). The first-order chi connectivity index (χ1) is 6.92. The van der Waals surface area contributed by atoms with Gasteiger partial charge < -0.3 is 0 Å². The molecular weight excluding hydrogens is 170 g/mol. The van der Waals surface area contributed by atoms with Crippen LogP contribution in [0.3, 0.4) is 0 Å². The van der Waals surface area contributed by atoms with Crippen LogP contribution in [-0.4, -0.2) is 12.3 Å². The molecule has 2 aliphatic rings. The van der Waals surface area contributed by atoms with Crippen molar-refractivity contribution >= 4 is 5.71 Å². The van der Waals surface area contributed by atoms with Crippen molar-refractivity contribution in [3.63, 3.8) is 0 Å². The maximum absolute atomic E-state index is 4.65. The lowest BCUT2D eigenvalue weighted by atomic mass is 9.88. The van der Waals surface area contributed by atoms with Crippen LogP contribution in [0.25, 0.3) is 0 Å². The van der Waals surface area contributed by atoms with Crippen LogP contribution in [0.5, 0.6) is 0 Å². The van der Waals surface area contributed by atoms with Crippen molar-refractivity contribution in [3.8, 4) is 0 Å². The Hall–Kier alpha value is -1.11. The summed E-state index contributed by atoms with van der Waals surface area (Å²) in [4.78, 5) is 4.65. The van der Waals surface area contributed by atoms with Crippen LogP contribution < -0.4 is 0 Å². The van der Waals surface area contributed by atoms with Gasteiger partial charge in [-0.15, -0.1) is 0 Å². The topological polar surface area (TPSA) is 12.4 Å². The summed E-state index contributed by atoms with van der Waals surface area (Å²) in [6, 6.07) is 8.81. The highest BCUT2D eigenvalue weighted by molar-refractivity contribution is 6.08. The Morgan fingerprint density at radius 1 is 1.36 bits per heavy atom. The Morgan fingerprint density at radius 2 is 2.21 bits per heavy atom. The fourth-order valence-corrected chi connectivity index (χ4v) is 3.03. The molecule has 72 valence electrons. The van der Waals surface area contributed by atoms with Gasteiger partial charge in [0.25, 0.3) is 0 Å². The highest BCUT2D eigenvalue weighted by atomic mass is 14.8. The number of rotatable bonds is 1. The van der Waals surface area contributed by atoms with E-state index in [2.05, 4.69) is 36.2 Å². The molecule has 0 unspecified atom stereocenters. The molecule has 0 fully saturated rings. The summed E-state index contributed by atoms with van der Waals surface area (Å²) in [5.41, 5.74) is 4.37. The minimum Gasteiger partial charge on any atom is -0.289 e. The minimum atomic E-state index is 0.734. The summed E-state index contributed by atoms with van der Waals surface area (Å²) < 4.78 is 0. The van der Waals surface area contributed by atoms with Crippen molar-refractivity contribution in [2.75, 3.05) is 6.54 Å². The summed E-state index contributed by atoms with van der Waals surface area (Å²) in [5.74, 6) is 1.48. The molecule has 0 N–H and O–H groups in total. The first kappa shape index (κ1) is 8.22. The van der Waals surface area contributed by atoms with Crippen LogP contribution >= 0.6 is 0 Å². The number of fused-ring (bicyclic) bond motifs is 3. The largest absolute Gasteiger partial charge is 0.289 e. The zero-order chi connectivity index (χ0) is 9.54. The second kappa shape index (κ2) is 2.94. The molecule has 0 spiro atoms. The average Bonchev–Trinajstić information content (AvgIpc) is 2.77. The zero-order valence-electron chi connectivity index (χ0n) is 8.53. The molecule has 1 heteroatoms. The van der Waals surface area contributed by atoms with E-state index in [0.717, 1.165) is 18.4 Å². The second-order valence-electron chi connectivity index (χ2n) is 4.26. The van der Waals surface area contributed by atoms with Crippen LogP contribution in [0.4, 0.5) is 0 Å². The molecule has 1 aromatic rings. The quantitative estimate of drug-likeness (QED) is 0.637. The normalized spacial score (nSPS) is 28.5. The molecule has 1 nitrogen and oxygen atoms in total. The van der Waals surface area contributed by atoms with E-state index in [1.54, 1.807) is 5.56 Å². The van der Waals surface area contributed by atoms with E-state index in [1.165, 1.54) is 24.1 Å². The Kier molecular flexibility index (Phi) is 1.73. The monoisotopic (exact) mass is 185 g/mol. The van der Waals surface area contributed by atoms with Gasteiger partial charge in [-0.05, 0) is 29.9 Å². The lowest BCUT2D eigenvalue weighted by Crippen LogP contribution is -2.09. The van der Waals surface area contributed by atoms with Gasteiger partial charge in [-0.25, -0.2) is 0 Å². The van der Waals surface area contributed by atoms with Crippen molar-refractivity contribution in [2.45, 2.75) is 25.7 Å². The van der Waals surface area contributed by atoms with Gasteiger partial charge in [-0.3, -0.25) is 4.99 Å². The summed E-state index contributed by atoms with van der Waals surface area (Å²) >= 11 is 0. The number of aliphatic imine (C=N–C) groups is 1. The highest BCUT2D eigenvalue weighted by Gasteiger charge is 2.38. The van der Waals surface area contributed by atoms with Gasteiger partial charge in [0.1, 0.15) is 0 Å². The first-order valence-electron chi connectivity index (χ1n) is 5.55. The second-order valence-corrected chi connectivity index (χ2v) is 4.26. The van der Waals surface area contributed by atoms with Gasteiger partial charge >= 0.3 is 0 Å². The maximum atomic E-state index is 4.65. The van der Waals surface area contributed by atoms with Gasteiger partial charge in [0.15, 0.2) is 0 Å². The fraction of sp³-hybridized carbons (Fsp3) is 0.462. The van der Waals surface area contributed by atoms with Gasteiger partial charge in [0, 0.05) is 18.2 Å². The minimum absolute atomic E-state index is 0.734. The van der Waals surface area contributed by atoms with E-state index in [0.29, 0.717) is 0 Å². The van der Waals surface area contributed by atoms with Crippen LogP contribution in [0.2, 0.25) is 0 Å². The predicted octanol–water partition coefficient (Wildman–Crippen LogP) is 3.00. The smallest absolute Gasteiger partial charge is 0.0461 e. The van der Waals surface area contributed by atoms with E-state index in [1.807, 2.05) is 0 Å². The van der Waals surface area contributed by atoms with Crippen LogP contribution in [0.15, 0.2) is 29.3 Å². The van der Waals surface area contributed by atoms with E-state index in [-0.39, 0.29) is 0 Å². The molecule has 0 saturated carbocycles. The molecule has 1 aliphatic heterocycles. The third-order valence-corrected chi connectivity index (χ3v) is 3.64. The summed E-state index contributed by atoms with van der Waals surface area (Å²) in [5, 5.41) is 0. The van der Waals surface area contributed by atoms with E-state index in [4.69, 9.17) is 0 Å². The molecular formula is C13H15N. The summed E-state index contributed by atoms with van der Waals surface area (Å²) in [6.07, 6.45) is 2.52. The molecule has 1 aromatic carbocycles. The average molecular weight is 185 g/mol. The number of hydrogen-bond donors (Lipinski definition) is 0. The SMILES string of the molecule is CC[C@H]1c2ccccc2C2=NCC[C@@H]21. The van der Waals surface area contributed by atoms with Crippen molar-refractivity contribution in [2.24, 2.45) is 10.9 Å². The third-order valence-electron chi connectivity index (χ3n) is 3.64. The lowest BCUT2D eigenvalue weighted by molar-refractivity contribution is 0.533. The molecule has 1 heterocycles. The van der Waals surface area contributed by atoms with Gasteiger partial charge in [-0.1, -0.05) is 31.2 Å². The Bertz CT molecular complexity index is 392. The standard InChI is InChI=1S/C13H15N/c1-2-9-10-5-3-4-6-11(10)13-12(9)7-8-14-13/h3-6,9,12H,2,7-8H2,1H3/t9-,12+/m0/s1. The molecule has 14 heavy (non-hydrogen) atoms. The maximum Gasteiger partial charge on any atom is 0.0461 e. The predicted molar refractivity (Wildman–Crippen MR) is 59.0 cm³/mol. The van der Waals surface area contributed by atoms with Gasteiger partial charge in [-0.2, -0.15) is 0 Å². The number of nitrogens with zero attached hydrogens (tertiary/aromatic N) is 1. The first-order valence-corrected chi connectivity index (χ1v) is 5.55. The fourth-order valence-electron chi connectivity index (χ4n) is 3.03. The van der Waals surface area contributed by atoms with Crippen molar-refractivity contribution in [3.05, 3.63) is 35.4 Å². The number of hydrogen-bond acceptors (Lipinski definition) is 1. The molecule has 0 amide bonds. The highest BCUT2D eigenvalue weighted by Crippen LogP contribution is 2.44. The number of benzene rings is 1. The molecule has 0 radical (unpaired) electrons. The Morgan fingerprint density at radius 3 is 3.07 bits per heavy atom. The van der Waals surface area contributed by atoms with Crippen LogP contribution in [0.1, 0.15) is 36.8 Å². The molecule has 0 saturated heterocycles. The summed E-state index contributed by atoms with van der Waals surface area (Å²) in [6.45, 7) is 3.34. The zero-order valence-corrected chi connectivity index (χ0v) is 8.53. The van der Waals surface area contributed by atoms with Gasteiger partial charge in [0.2, 0.25) is 0 Å². The van der Waals surface area contributed by atoms with Crippen LogP contribution in [-0.2, 0) is 0 Å². The summed E-state index contributed by atoms with van der Waals surface area (Å²) in [7, 11) is 0. The van der Waals surface area contributed by atoms with E-state index >= 15 is 0 Å². The van der Waals surface area contributed by atoms with Gasteiger partial charge in [0.05, 0.1) is 0 Å². The van der Waals surface area contributed by atoms with Crippen molar-refractivity contribution in [1.29, 1.82) is 0 Å². The molecule has 2 atom stereocenters. The van der Waals surface area contributed by atoms with Crippen LogP contribution in [0, 0.1) is 5.92 Å². The molecule has 0 aromatic heterocycles. The van der Waals surface area contributed by atoms with E-state index in [9.17, 15) is 0 Å². The van der Waals surface area contributed by atoms with Crippen molar-refractivity contribution < 1.29 is 0 Å². The molecule has 1 aliphatic carbocycles. The Labute approximate surface area is 84.9 Å². The van der Waals surface area contributed by atoms with Crippen molar-refractivity contribution in [1.82, 2.24) is 0 Å². The molecule has 0 bridgehead atoms. The van der Waals surface area contributed by atoms with E-state index < -0.39 is 0 Å². The Balaban J connectivity index is 2.18. The third kappa shape index (κ3) is 0.927.